The van der Waals surface area contributed by atoms with Crippen LogP contribution in [0.2, 0.25) is 5.02 Å². The summed E-state index contributed by atoms with van der Waals surface area (Å²) in [4.78, 5) is 30.8. The van der Waals surface area contributed by atoms with Gasteiger partial charge in [-0.2, -0.15) is 26.3 Å². The molecular weight excluding hydrogens is 550 g/mol. The third-order valence-electron chi connectivity index (χ3n) is 7.12. The maximum absolute atomic E-state index is 13.5. The molecule has 39 heavy (non-hydrogen) atoms. The third-order valence-corrected chi connectivity index (χ3v) is 7.38. The minimum absolute atomic E-state index is 0.00984. The highest BCUT2D eigenvalue weighted by molar-refractivity contribution is 6.30. The van der Waals surface area contributed by atoms with E-state index in [1.165, 1.54) is 11.1 Å². The van der Waals surface area contributed by atoms with Gasteiger partial charge in [-0.25, -0.2) is 0 Å². The quantitative estimate of drug-likeness (QED) is 0.392. The SMILES string of the molecule is O=C(O)CC1(C2CCN(C(=O)c3cc(C(F)(F)F)cc(C(F)(F)F)c3)C(Cc3ccc(Cl)cc3)C2)C=CC=N1. The number of benzene rings is 2. The number of hydrogen-bond donors (Lipinski definition) is 1. The molecule has 0 bridgehead atoms. The molecule has 0 aromatic heterocycles. The maximum atomic E-state index is 13.5. The summed E-state index contributed by atoms with van der Waals surface area (Å²) in [7, 11) is 0. The van der Waals surface area contributed by atoms with Crippen LogP contribution in [0.5, 0.6) is 0 Å². The molecule has 0 spiro atoms. The number of allylic oxidation sites excluding steroid dienone is 1. The van der Waals surface area contributed by atoms with Crippen LogP contribution in [0.15, 0.2) is 59.6 Å². The van der Waals surface area contributed by atoms with Crippen LogP contribution in [0.1, 0.15) is 46.3 Å². The van der Waals surface area contributed by atoms with Crippen molar-refractivity contribution in [1.29, 1.82) is 0 Å². The lowest BCUT2D eigenvalue weighted by Gasteiger charge is -2.44. The number of nitrogens with zero attached hydrogens (tertiary/aromatic N) is 2. The number of aliphatic carboxylic acids is 1. The Labute approximate surface area is 224 Å². The first-order valence-electron chi connectivity index (χ1n) is 12.0. The van der Waals surface area contributed by atoms with E-state index in [1.807, 2.05) is 0 Å². The number of piperidine rings is 1. The summed E-state index contributed by atoms with van der Waals surface area (Å²) in [6.45, 7) is -0.00984. The summed E-state index contributed by atoms with van der Waals surface area (Å²) in [5, 5.41) is 9.96. The van der Waals surface area contributed by atoms with Crippen molar-refractivity contribution in [2.24, 2.45) is 10.9 Å². The van der Waals surface area contributed by atoms with E-state index in [0.29, 0.717) is 17.2 Å². The van der Waals surface area contributed by atoms with Crippen LogP contribution in [0, 0.1) is 5.92 Å². The first-order chi connectivity index (χ1) is 18.2. The smallest absolute Gasteiger partial charge is 0.416 e. The Morgan fingerprint density at radius 1 is 1.03 bits per heavy atom. The van der Waals surface area contributed by atoms with Gasteiger partial charge in [0.15, 0.2) is 0 Å². The zero-order valence-corrected chi connectivity index (χ0v) is 21.0. The summed E-state index contributed by atoms with van der Waals surface area (Å²) < 4.78 is 80.6. The molecule has 0 aliphatic carbocycles. The largest absolute Gasteiger partial charge is 0.481 e. The summed E-state index contributed by atoms with van der Waals surface area (Å²) in [5.41, 5.74) is -4.19. The minimum Gasteiger partial charge on any atom is -0.481 e. The average Bonchev–Trinajstić information content (AvgIpc) is 3.32. The van der Waals surface area contributed by atoms with Gasteiger partial charge in [0.2, 0.25) is 0 Å². The number of rotatable bonds is 6. The molecule has 0 radical (unpaired) electrons. The molecule has 2 aliphatic rings. The number of carboxylic acids is 1. The molecule has 3 atom stereocenters. The second-order valence-corrected chi connectivity index (χ2v) is 10.1. The van der Waals surface area contributed by atoms with E-state index < -0.39 is 52.5 Å². The summed E-state index contributed by atoms with van der Waals surface area (Å²) in [6, 6.07) is 6.86. The van der Waals surface area contributed by atoms with Gasteiger partial charge in [0.05, 0.1) is 23.1 Å². The van der Waals surface area contributed by atoms with E-state index in [2.05, 4.69) is 4.99 Å². The summed E-state index contributed by atoms with van der Waals surface area (Å²) in [6.07, 6.45) is -4.96. The van der Waals surface area contributed by atoms with Crippen molar-refractivity contribution in [3.05, 3.63) is 81.9 Å². The Bertz CT molecular complexity index is 1260. The van der Waals surface area contributed by atoms with Crippen LogP contribution >= 0.6 is 11.6 Å². The number of carboxylic acid groups (broad SMARTS) is 1. The van der Waals surface area contributed by atoms with Crippen LogP contribution in [0.4, 0.5) is 26.3 Å². The molecule has 0 saturated carbocycles. The van der Waals surface area contributed by atoms with Gasteiger partial charge < -0.3 is 10.0 Å². The molecule has 12 heteroatoms. The van der Waals surface area contributed by atoms with Gasteiger partial charge in [0, 0.05) is 29.4 Å². The lowest BCUT2D eigenvalue weighted by molar-refractivity contribution is -0.143. The molecule has 2 aliphatic heterocycles. The Kier molecular flexibility index (Phi) is 7.84. The number of carbonyl (C=O) groups excluding carboxylic acids is 1. The fourth-order valence-electron chi connectivity index (χ4n) is 5.27. The Morgan fingerprint density at radius 2 is 1.64 bits per heavy atom. The van der Waals surface area contributed by atoms with Gasteiger partial charge in [-0.05, 0) is 67.2 Å². The van der Waals surface area contributed by atoms with Crippen molar-refractivity contribution in [2.45, 2.75) is 49.6 Å². The Hall–Kier alpha value is -3.34. The second-order valence-electron chi connectivity index (χ2n) is 9.70. The van der Waals surface area contributed by atoms with Crippen LogP contribution in [0.25, 0.3) is 0 Å². The van der Waals surface area contributed by atoms with Gasteiger partial charge in [-0.1, -0.05) is 29.8 Å². The van der Waals surface area contributed by atoms with E-state index in [4.69, 9.17) is 11.6 Å². The number of amides is 1. The highest BCUT2D eigenvalue weighted by Gasteiger charge is 2.45. The van der Waals surface area contributed by atoms with Gasteiger partial charge in [-0.15, -0.1) is 0 Å². The van der Waals surface area contributed by atoms with Crippen LogP contribution in [0.3, 0.4) is 0 Å². The van der Waals surface area contributed by atoms with Gasteiger partial charge in [-0.3, -0.25) is 14.6 Å². The van der Waals surface area contributed by atoms with Crippen molar-refractivity contribution in [3.8, 4) is 0 Å². The highest BCUT2D eigenvalue weighted by atomic mass is 35.5. The summed E-state index contributed by atoms with van der Waals surface area (Å²) >= 11 is 5.97. The maximum Gasteiger partial charge on any atom is 0.416 e. The van der Waals surface area contributed by atoms with Gasteiger partial charge in [0.1, 0.15) is 0 Å². The lowest BCUT2D eigenvalue weighted by Crippen LogP contribution is -2.51. The van der Waals surface area contributed by atoms with Crippen molar-refractivity contribution in [2.75, 3.05) is 6.54 Å². The zero-order valence-electron chi connectivity index (χ0n) is 20.3. The molecule has 2 aromatic rings. The van der Waals surface area contributed by atoms with Gasteiger partial charge >= 0.3 is 18.3 Å². The predicted molar refractivity (Wildman–Crippen MR) is 132 cm³/mol. The van der Waals surface area contributed by atoms with Gasteiger partial charge in [0.25, 0.3) is 5.91 Å². The molecular formula is C27H23ClF6N2O3. The number of alkyl halides is 6. The molecule has 208 valence electrons. The lowest BCUT2D eigenvalue weighted by atomic mass is 9.73. The minimum atomic E-state index is -5.10. The van der Waals surface area contributed by atoms with E-state index in [9.17, 15) is 41.0 Å². The molecule has 5 nitrogen and oxygen atoms in total. The third kappa shape index (κ3) is 6.46. The van der Waals surface area contributed by atoms with Crippen molar-refractivity contribution in [3.63, 3.8) is 0 Å². The standard InChI is InChI=1S/C27H23ClF6N2O3/c28-21-4-2-16(3-5-21)10-22-14-18(25(15-23(37)38)7-1-8-35-25)6-9-36(22)24(39)17-11-19(26(29,30)31)13-20(12-17)27(32,33)34/h1-5,7-8,11-13,18,22H,6,9-10,14-15H2,(H,37,38). The fraction of sp³-hybridized carbons (Fsp3) is 0.370. The van der Waals surface area contributed by atoms with Crippen molar-refractivity contribution in [1.82, 2.24) is 4.90 Å². The summed E-state index contributed by atoms with van der Waals surface area (Å²) in [5.74, 6) is -2.38. The van der Waals surface area contributed by atoms with E-state index in [1.54, 1.807) is 36.4 Å². The fourth-order valence-corrected chi connectivity index (χ4v) is 5.40. The highest BCUT2D eigenvalue weighted by Crippen LogP contribution is 2.41. The second kappa shape index (κ2) is 10.7. The number of carbonyl (C=O) groups is 2. The molecule has 3 unspecified atom stereocenters. The van der Waals surface area contributed by atoms with Crippen molar-refractivity contribution >= 4 is 29.7 Å². The molecule has 2 heterocycles. The normalized spacial score (nSPS) is 23.3. The Morgan fingerprint density at radius 3 is 2.15 bits per heavy atom. The molecule has 1 fully saturated rings. The van der Waals surface area contributed by atoms with Crippen molar-refractivity contribution < 1.29 is 41.0 Å². The van der Waals surface area contributed by atoms with Crippen LogP contribution < -0.4 is 0 Å². The topological polar surface area (TPSA) is 70.0 Å². The number of likely N-dealkylation sites (tertiary alicyclic amines) is 1. The zero-order chi connectivity index (χ0) is 28.6. The number of hydrogen-bond acceptors (Lipinski definition) is 3. The Balaban J connectivity index is 1.71. The predicted octanol–water partition coefficient (Wildman–Crippen LogP) is 6.70. The molecule has 1 amide bonds. The van der Waals surface area contributed by atoms with E-state index >= 15 is 0 Å². The molecule has 4 rings (SSSR count). The monoisotopic (exact) mass is 572 g/mol. The van der Waals surface area contributed by atoms with Crippen LogP contribution in [-0.4, -0.2) is 46.2 Å². The van der Waals surface area contributed by atoms with E-state index in [-0.39, 0.29) is 44.2 Å². The average molecular weight is 573 g/mol. The van der Waals surface area contributed by atoms with E-state index in [0.717, 1.165) is 5.56 Å². The number of halogens is 7. The molecule has 2 aromatic carbocycles. The first kappa shape index (κ1) is 28.7. The molecule has 1 N–H and O–H groups in total. The first-order valence-corrected chi connectivity index (χ1v) is 12.4. The number of aliphatic imine (C=N–C) groups is 1. The molecule has 1 saturated heterocycles. The van der Waals surface area contributed by atoms with Crippen LogP contribution in [-0.2, 0) is 23.6 Å².